The number of ether oxygens (including phenoxy) is 2. The third-order valence-corrected chi connectivity index (χ3v) is 4.96. The Labute approximate surface area is 197 Å². The van der Waals surface area contributed by atoms with E-state index < -0.39 is 0 Å². The summed E-state index contributed by atoms with van der Waals surface area (Å²) in [6.07, 6.45) is 3.68. The molecule has 0 atom stereocenters. The summed E-state index contributed by atoms with van der Waals surface area (Å²) in [4.78, 5) is 23.8. The first-order valence-electron chi connectivity index (χ1n) is 9.24. The van der Waals surface area contributed by atoms with Crippen molar-refractivity contribution in [3.63, 3.8) is 0 Å². The van der Waals surface area contributed by atoms with Gasteiger partial charge in [-0.15, -0.1) is 0 Å². The van der Waals surface area contributed by atoms with Crippen molar-refractivity contribution in [1.82, 2.24) is 10.9 Å². The first-order chi connectivity index (χ1) is 14.9. The lowest BCUT2D eigenvalue weighted by molar-refractivity contribution is -0.122. The van der Waals surface area contributed by atoms with Gasteiger partial charge in [-0.25, -0.2) is 10.9 Å². The second-order valence-electron chi connectivity index (χ2n) is 6.21. The number of hydrogen-bond acceptors (Lipinski definition) is 6. The summed E-state index contributed by atoms with van der Waals surface area (Å²) >= 11 is 6.75. The monoisotopic (exact) mass is 552 g/mol. The summed E-state index contributed by atoms with van der Waals surface area (Å²) in [5, 5.41) is 7.86. The van der Waals surface area contributed by atoms with E-state index in [4.69, 9.17) is 9.47 Å². The second-order valence-corrected chi connectivity index (χ2v) is 8.04. The highest BCUT2D eigenvalue weighted by molar-refractivity contribution is 9.10. The van der Waals surface area contributed by atoms with Crippen molar-refractivity contribution in [3.05, 3.63) is 56.5 Å². The van der Waals surface area contributed by atoms with Crippen molar-refractivity contribution in [2.75, 3.05) is 14.2 Å². The van der Waals surface area contributed by atoms with Crippen LogP contribution in [0.3, 0.4) is 0 Å². The number of carbonyl (C=O) groups is 2. The number of nitrogens with zero attached hydrogens (tertiary/aromatic N) is 2. The second kappa shape index (κ2) is 12.9. The zero-order valence-corrected chi connectivity index (χ0v) is 20.2. The van der Waals surface area contributed by atoms with Crippen LogP contribution in [0.1, 0.15) is 30.4 Å². The van der Waals surface area contributed by atoms with E-state index in [1.807, 2.05) is 24.3 Å². The SMILES string of the molecule is COc1ccc(Br)cc1/C=N/NC(=O)CCCC(=O)N/N=C/c1cc(Br)ccc1OC. The molecule has 0 spiro atoms. The van der Waals surface area contributed by atoms with Crippen molar-refractivity contribution in [1.29, 1.82) is 0 Å². The smallest absolute Gasteiger partial charge is 0.240 e. The molecule has 2 aromatic carbocycles. The molecule has 2 amide bonds. The molecule has 0 heterocycles. The molecule has 2 N–H and O–H groups in total. The fraction of sp³-hybridized carbons (Fsp3) is 0.238. The minimum absolute atomic E-state index is 0.156. The first kappa shape index (κ1) is 24.5. The molecule has 0 aliphatic heterocycles. The van der Waals surface area contributed by atoms with Gasteiger partial charge in [0, 0.05) is 32.9 Å². The van der Waals surface area contributed by atoms with Crippen LogP contribution < -0.4 is 20.3 Å². The van der Waals surface area contributed by atoms with Crippen molar-refractivity contribution in [2.45, 2.75) is 19.3 Å². The van der Waals surface area contributed by atoms with Gasteiger partial charge in [0.15, 0.2) is 0 Å². The van der Waals surface area contributed by atoms with Gasteiger partial charge in [0.05, 0.1) is 26.6 Å². The lowest BCUT2D eigenvalue weighted by Gasteiger charge is -2.05. The maximum absolute atomic E-state index is 11.9. The van der Waals surface area contributed by atoms with Gasteiger partial charge < -0.3 is 9.47 Å². The molecule has 0 aromatic heterocycles. The summed E-state index contributed by atoms with van der Waals surface area (Å²) < 4.78 is 12.2. The van der Waals surface area contributed by atoms with Crippen LogP contribution in [0.5, 0.6) is 11.5 Å². The number of halogens is 2. The Bertz CT molecular complexity index is 902. The van der Waals surface area contributed by atoms with Crippen LogP contribution in [0.25, 0.3) is 0 Å². The van der Waals surface area contributed by atoms with Gasteiger partial charge in [0.25, 0.3) is 0 Å². The van der Waals surface area contributed by atoms with E-state index in [-0.39, 0.29) is 24.7 Å². The highest BCUT2D eigenvalue weighted by Crippen LogP contribution is 2.22. The van der Waals surface area contributed by atoms with Crippen molar-refractivity contribution in [3.8, 4) is 11.5 Å². The molecular weight excluding hydrogens is 532 g/mol. The number of carbonyl (C=O) groups excluding carboxylic acids is 2. The molecule has 8 nitrogen and oxygen atoms in total. The van der Waals surface area contributed by atoms with E-state index in [0.29, 0.717) is 17.9 Å². The van der Waals surface area contributed by atoms with Crippen molar-refractivity contribution < 1.29 is 19.1 Å². The van der Waals surface area contributed by atoms with Gasteiger partial charge in [0.2, 0.25) is 11.8 Å². The fourth-order valence-electron chi connectivity index (χ4n) is 2.48. The molecule has 0 bridgehead atoms. The average Bonchev–Trinajstić information content (AvgIpc) is 2.74. The molecule has 31 heavy (non-hydrogen) atoms. The molecule has 0 saturated heterocycles. The minimum Gasteiger partial charge on any atom is -0.496 e. The van der Waals surface area contributed by atoms with Gasteiger partial charge in [-0.1, -0.05) is 31.9 Å². The first-order valence-corrected chi connectivity index (χ1v) is 10.8. The highest BCUT2D eigenvalue weighted by Gasteiger charge is 2.06. The van der Waals surface area contributed by atoms with Gasteiger partial charge in [-0.05, 0) is 42.8 Å². The third kappa shape index (κ3) is 8.50. The van der Waals surface area contributed by atoms with Gasteiger partial charge in [-0.3, -0.25) is 9.59 Å². The van der Waals surface area contributed by atoms with Crippen molar-refractivity contribution >= 4 is 56.1 Å². The van der Waals surface area contributed by atoms with Gasteiger partial charge in [-0.2, -0.15) is 10.2 Å². The predicted octanol–water partition coefficient (Wildman–Crippen LogP) is 4.00. The molecule has 0 radical (unpaired) electrons. The Morgan fingerprint density at radius 3 is 1.65 bits per heavy atom. The van der Waals surface area contributed by atoms with Crippen LogP contribution in [-0.2, 0) is 9.59 Å². The number of methoxy groups -OCH3 is 2. The molecule has 10 heteroatoms. The lowest BCUT2D eigenvalue weighted by atomic mass is 10.2. The third-order valence-electron chi connectivity index (χ3n) is 3.98. The highest BCUT2D eigenvalue weighted by atomic mass is 79.9. The number of benzene rings is 2. The standard InChI is InChI=1S/C21H22Br2N4O4/c1-30-18-8-6-16(22)10-14(18)12-24-26-20(28)4-3-5-21(29)27-25-13-15-11-17(23)7-9-19(15)31-2/h6-13H,3-5H2,1-2H3,(H,26,28)(H,27,29)/b24-12+,25-13+. The van der Waals surface area contributed by atoms with Crippen LogP contribution in [0.4, 0.5) is 0 Å². The molecule has 0 fully saturated rings. The van der Waals surface area contributed by atoms with Crippen LogP contribution in [0.2, 0.25) is 0 Å². The minimum atomic E-state index is -0.291. The molecule has 2 aromatic rings. The summed E-state index contributed by atoms with van der Waals surface area (Å²) in [5.41, 5.74) is 6.31. The largest absolute Gasteiger partial charge is 0.496 e. The lowest BCUT2D eigenvalue weighted by Crippen LogP contribution is -2.20. The van der Waals surface area contributed by atoms with Gasteiger partial charge in [0.1, 0.15) is 11.5 Å². The predicted molar refractivity (Wildman–Crippen MR) is 127 cm³/mol. The van der Waals surface area contributed by atoms with Crippen LogP contribution in [-0.4, -0.2) is 38.5 Å². The Balaban J connectivity index is 1.73. The van der Waals surface area contributed by atoms with E-state index in [0.717, 1.165) is 20.1 Å². The van der Waals surface area contributed by atoms with E-state index >= 15 is 0 Å². The zero-order valence-electron chi connectivity index (χ0n) is 17.0. The molecule has 0 aliphatic carbocycles. The Morgan fingerprint density at radius 2 is 1.26 bits per heavy atom. The number of rotatable bonds is 10. The van der Waals surface area contributed by atoms with E-state index in [1.165, 1.54) is 12.4 Å². The normalized spacial score (nSPS) is 11.0. The molecule has 2 rings (SSSR count). The zero-order chi connectivity index (χ0) is 22.6. The van der Waals surface area contributed by atoms with Crippen LogP contribution in [0, 0.1) is 0 Å². The maximum atomic E-state index is 11.9. The van der Waals surface area contributed by atoms with E-state index in [2.05, 4.69) is 52.9 Å². The molecule has 0 unspecified atom stereocenters. The number of nitrogens with one attached hydrogen (secondary N) is 2. The Kier molecular flexibility index (Phi) is 10.2. The topological polar surface area (TPSA) is 101 Å². The van der Waals surface area contributed by atoms with E-state index in [1.54, 1.807) is 26.4 Å². The van der Waals surface area contributed by atoms with Crippen LogP contribution in [0.15, 0.2) is 55.5 Å². The fourth-order valence-corrected chi connectivity index (χ4v) is 3.24. The van der Waals surface area contributed by atoms with Crippen LogP contribution >= 0.6 is 31.9 Å². The number of hydrogen-bond donors (Lipinski definition) is 2. The average molecular weight is 554 g/mol. The summed E-state index contributed by atoms with van der Waals surface area (Å²) in [6.45, 7) is 0. The summed E-state index contributed by atoms with van der Waals surface area (Å²) in [7, 11) is 3.12. The maximum Gasteiger partial charge on any atom is 0.240 e. The number of amides is 2. The quantitative estimate of drug-likeness (QED) is 0.343. The number of hydrazone groups is 2. The summed E-state index contributed by atoms with van der Waals surface area (Å²) in [5.74, 6) is 0.693. The molecular formula is C21H22Br2N4O4. The molecule has 164 valence electrons. The Morgan fingerprint density at radius 1 is 0.839 bits per heavy atom. The summed E-state index contributed by atoms with van der Waals surface area (Å²) in [6, 6.07) is 10.9. The van der Waals surface area contributed by atoms with E-state index in [9.17, 15) is 9.59 Å². The van der Waals surface area contributed by atoms with Gasteiger partial charge >= 0.3 is 0 Å². The molecule has 0 saturated carbocycles. The Hall–Kier alpha value is -2.72. The van der Waals surface area contributed by atoms with Crippen molar-refractivity contribution in [2.24, 2.45) is 10.2 Å². The molecule has 0 aliphatic rings.